The molecule has 49 heavy (non-hydrogen) atoms. The van der Waals surface area contributed by atoms with Gasteiger partial charge in [-0.1, -0.05) is 29.4 Å². The Bertz CT molecular complexity index is 2040. The van der Waals surface area contributed by atoms with Gasteiger partial charge in [-0.3, -0.25) is 29.4 Å². The zero-order valence-electron chi connectivity index (χ0n) is 27.6. The summed E-state index contributed by atoms with van der Waals surface area (Å²) < 4.78 is 5.46. The van der Waals surface area contributed by atoms with Gasteiger partial charge in [0, 0.05) is 42.1 Å². The number of hydrogen-bond acceptors (Lipinski definition) is 9. The lowest BCUT2D eigenvalue weighted by atomic mass is 9.97. The number of benzene rings is 3. The molecular weight excluding hydrogens is 620 g/mol. The fourth-order valence-electron chi connectivity index (χ4n) is 6.94. The number of carbonyl (C=O) groups is 4. The summed E-state index contributed by atoms with van der Waals surface area (Å²) in [6, 6.07) is 21.1. The summed E-state index contributed by atoms with van der Waals surface area (Å²) in [4.78, 5) is 53.7. The van der Waals surface area contributed by atoms with Crippen LogP contribution in [0.25, 0.3) is 11.1 Å². The van der Waals surface area contributed by atoms with E-state index in [0.29, 0.717) is 18.8 Å². The number of aryl methyl sites for hydroxylation is 3. The lowest BCUT2D eigenvalue weighted by Gasteiger charge is -2.28. The van der Waals surface area contributed by atoms with Gasteiger partial charge in [0.1, 0.15) is 11.8 Å². The number of nitrogens with zero attached hydrogens (tertiary/aromatic N) is 4. The zero-order chi connectivity index (χ0) is 34.4. The van der Waals surface area contributed by atoms with Crippen molar-refractivity contribution in [3.05, 3.63) is 94.4 Å². The van der Waals surface area contributed by atoms with E-state index >= 15 is 0 Å². The average molecular weight is 657 g/mol. The van der Waals surface area contributed by atoms with E-state index in [4.69, 9.17) is 4.52 Å². The quantitative estimate of drug-likeness (QED) is 0.158. The second kappa shape index (κ2) is 12.4. The first-order chi connectivity index (χ1) is 23.6. The molecule has 1 aliphatic carbocycles. The summed E-state index contributed by atoms with van der Waals surface area (Å²) in [6.07, 6.45) is 2.68. The highest BCUT2D eigenvalue weighted by atomic mass is 16.5. The molecule has 2 aliphatic heterocycles. The number of aromatic nitrogens is 1. The highest BCUT2D eigenvalue weighted by Crippen LogP contribution is 2.48. The molecule has 0 bridgehead atoms. The molecule has 1 saturated heterocycles. The summed E-state index contributed by atoms with van der Waals surface area (Å²) in [5, 5.41) is 19.5. The van der Waals surface area contributed by atoms with Crippen molar-refractivity contribution >= 4 is 40.7 Å². The smallest absolute Gasteiger partial charge is 0.262 e. The SMILES string of the molecule is Cc1ccc(-c2c(C)noc2C)cc1N(CCCNc1ccc2c(c1)C(=O)N(C1CCC(=O)NC1=O)C2=O)c1ccc(C2(C#N)CC2)cc1. The molecule has 2 fully saturated rings. The lowest BCUT2D eigenvalue weighted by molar-refractivity contribution is -0.136. The van der Waals surface area contributed by atoms with Gasteiger partial charge >= 0.3 is 0 Å². The van der Waals surface area contributed by atoms with Crippen molar-refractivity contribution in [1.29, 1.82) is 5.26 Å². The first-order valence-corrected chi connectivity index (χ1v) is 16.5. The van der Waals surface area contributed by atoms with Crippen LogP contribution in [0.4, 0.5) is 17.1 Å². The molecule has 4 amide bonds. The second-order valence-electron chi connectivity index (χ2n) is 13.1. The molecule has 1 atom stereocenters. The van der Waals surface area contributed by atoms with Crippen LogP contribution in [0.15, 0.2) is 65.2 Å². The molecule has 0 spiro atoms. The minimum Gasteiger partial charge on any atom is -0.385 e. The maximum atomic E-state index is 13.3. The molecule has 248 valence electrons. The molecule has 2 N–H and O–H groups in total. The van der Waals surface area contributed by atoms with E-state index in [-0.39, 0.29) is 29.4 Å². The van der Waals surface area contributed by atoms with Crippen molar-refractivity contribution in [2.45, 2.75) is 64.3 Å². The molecule has 7 rings (SSSR count). The van der Waals surface area contributed by atoms with Gasteiger partial charge in [-0.15, -0.1) is 0 Å². The van der Waals surface area contributed by atoms with E-state index in [0.717, 1.165) is 69.2 Å². The Morgan fingerprint density at radius 3 is 2.43 bits per heavy atom. The topological polar surface area (TPSA) is 149 Å². The van der Waals surface area contributed by atoms with Gasteiger partial charge in [-0.25, -0.2) is 0 Å². The van der Waals surface area contributed by atoms with Crippen LogP contribution in [0.2, 0.25) is 0 Å². The predicted molar refractivity (Wildman–Crippen MR) is 182 cm³/mol. The van der Waals surface area contributed by atoms with Crippen molar-refractivity contribution in [2.75, 3.05) is 23.3 Å². The normalized spacial score (nSPS) is 17.8. The van der Waals surface area contributed by atoms with Gasteiger partial charge in [0.25, 0.3) is 11.8 Å². The minimum absolute atomic E-state index is 0.0715. The van der Waals surface area contributed by atoms with Crippen LogP contribution in [0.1, 0.15) is 75.4 Å². The molecule has 1 unspecified atom stereocenters. The summed E-state index contributed by atoms with van der Waals surface area (Å²) in [6.45, 7) is 7.17. The van der Waals surface area contributed by atoms with Gasteiger partial charge in [0.05, 0.1) is 28.3 Å². The standard InChI is InChI=1S/C38H36N6O5/c1-22-5-6-25(34-23(2)42-49-24(34)3)19-32(22)43(28-10-7-26(8-11-28)38(21-39)15-16-38)18-4-17-40-27-9-12-29-30(20-27)37(48)44(36(29)47)31-13-14-33(45)41-35(31)46/h5-12,19-20,31,40H,4,13-18H2,1-3H3,(H,41,45,46). The molecule has 1 saturated carbocycles. The van der Waals surface area contributed by atoms with Crippen molar-refractivity contribution in [1.82, 2.24) is 15.4 Å². The van der Waals surface area contributed by atoms with Gasteiger partial charge < -0.3 is 14.7 Å². The molecule has 11 heteroatoms. The van der Waals surface area contributed by atoms with Gasteiger partial charge in [0.2, 0.25) is 11.8 Å². The Morgan fingerprint density at radius 1 is 1.00 bits per heavy atom. The maximum absolute atomic E-state index is 13.3. The number of piperidine rings is 1. The van der Waals surface area contributed by atoms with Gasteiger partial charge in [-0.05, 0) is 99.5 Å². The second-order valence-corrected chi connectivity index (χ2v) is 13.1. The Labute approximate surface area is 283 Å². The largest absolute Gasteiger partial charge is 0.385 e. The molecular formula is C38H36N6O5. The summed E-state index contributed by atoms with van der Waals surface area (Å²) in [7, 11) is 0. The highest BCUT2D eigenvalue weighted by molar-refractivity contribution is 6.23. The van der Waals surface area contributed by atoms with E-state index < -0.39 is 29.7 Å². The third kappa shape index (κ3) is 5.73. The number of anilines is 3. The fourth-order valence-corrected chi connectivity index (χ4v) is 6.94. The van der Waals surface area contributed by atoms with Crippen LogP contribution < -0.4 is 15.5 Å². The Hall–Kier alpha value is -5.76. The van der Waals surface area contributed by atoms with Gasteiger partial charge in [0.15, 0.2) is 0 Å². The molecule has 3 heterocycles. The number of carbonyl (C=O) groups excluding carboxylic acids is 4. The summed E-state index contributed by atoms with van der Waals surface area (Å²) in [5.41, 5.74) is 7.81. The summed E-state index contributed by atoms with van der Waals surface area (Å²) >= 11 is 0. The third-order valence-electron chi connectivity index (χ3n) is 9.84. The summed E-state index contributed by atoms with van der Waals surface area (Å²) in [5.74, 6) is -1.35. The number of imide groups is 2. The van der Waals surface area contributed by atoms with Crippen LogP contribution in [0.5, 0.6) is 0 Å². The molecule has 0 radical (unpaired) electrons. The molecule has 1 aromatic heterocycles. The first kappa shape index (κ1) is 31.8. The van der Waals surface area contributed by atoms with E-state index in [2.05, 4.69) is 76.1 Å². The molecule has 4 aromatic rings. The number of nitriles is 1. The van der Waals surface area contributed by atoms with Gasteiger partial charge in [-0.2, -0.15) is 5.26 Å². The number of fused-ring (bicyclic) bond motifs is 1. The van der Waals surface area contributed by atoms with Crippen LogP contribution >= 0.6 is 0 Å². The van der Waals surface area contributed by atoms with Crippen molar-refractivity contribution < 1.29 is 23.7 Å². The molecule has 3 aromatic carbocycles. The average Bonchev–Trinajstić information content (AvgIpc) is 3.77. The Balaban J connectivity index is 1.10. The van der Waals surface area contributed by atoms with Crippen molar-refractivity contribution in [3.8, 4) is 17.2 Å². The van der Waals surface area contributed by atoms with Crippen LogP contribution in [0.3, 0.4) is 0 Å². The minimum atomic E-state index is -1.00. The lowest BCUT2D eigenvalue weighted by Crippen LogP contribution is -2.54. The van der Waals surface area contributed by atoms with Crippen LogP contribution in [-0.4, -0.2) is 52.8 Å². The van der Waals surface area contributed by atoms with E-state index in [1.54, 1.807) is 18.2 Å². The third-order valence-corrected chi connectivity index (χ3v) is 9.84. The maximum Gasteiger partial charge on any atom is 0.262 e. The number of rotatable bonds is 10. The van der Waals surface area contributed by atoms with E-state index in [1.165, 1.54) is 0 Å². The Morgan fingerprint density at radius 2 is 1.76 bits per heavy atom. The molecule has 11 nitrogen and oxygen atoms in total. The van der Waals surface area contributed by atoms with E-state index in [1.807, 2.05) is 13.8 Å². The molecule has 3 aliphatic rings. The van der Waals surface area contributed by atoms with Crippen LogP contribution in [-0.2, 0) is 15.0 Å². The van der Waals surface area contributed by atoms with Crippen molar-refractivity contribution in [3.63, 3.8) is 0 Å². The monoisotopic (exact) mass is 656 g/mol. The highest BCUT2D eigenvalue weighted by Gasteiger charge is 2.45. The van der Waals surface area contributed by atoms with Crippen LogP contribution in [0, 0.1) is 32.1 Å². The van der Waals surface area contributed by atoms with E-state index in [9.17, 15) is 24.4 Å². The predicted octanol–water partition coefficient (Wildman–Crippen LogP) is 5.86. The number of hydrogen-bond donors (Lipinski definition) is 2. The zero-order valence-corrected chi connectivity index (χ0v) is 27.6. The Kier molecular flexibility index (Phi) is 8.03. The number of nitrogens with one attached hydrogen (secondary N) is 2. The fraction of sp³-hybridized carbons (Fsp3) is 0.316. The van der Waals surface area contributed by atoms with Crippen molar-refractivity contribution in [2.24, 2.45) is 0 Å². The first-order valence-electron chi connectivity index (χ1n) is 16.5. The number of amides is 4.